The predicted molar refractivity (Wildman–Crippen MR) is 143 cm³/mol. The van der Waals surface area contributed by atoms with Crippen molar-refractivity contribution in [3.05, 3.63) is 70.4 Å². The van der Waals surface area contributed by atoms with E-state index in [9.17, 15) is 32.9 Å². The third-order valence-corrected chi connectivity index (χ3v) is 8.28. The molecule has 4 amide bonds. The van der Waals surface area contributed by atoms with Crippen molar-refractivity contribution in [3.8, 4) is 12.1 Å². The van der Waals surface area contributed by atoms with Gasteiger partial charge in [0.05, 0.1) is 40.0 Å². The van der Waals surface area contributed by atoms with Crippen LogP contribution < -0.4 is 4.90 Å². The molecule has 4 rings (SSSR count). The summed E-state index contributed by atoms with van der Waals surface area (Å²) in [5.41, 5.74) is 0.729. The number of nitrogens with zero attached hydrogens (tertiary/aromatic N) is 5. The number of sulfone groups is 1. The average molecular weight is 566 g/mol. The van der Waals surface area contributed by atoms with Crippen molar-refractivity contribution in [2.75, 3.05) is 31.4 Å². The van der Waals surface area contributed by atoms with Crippen LogP contribution >= 0.6 is 0 Å². The molecule has 0 spiro atoms. The van der Waals surface area contributed by atoms with Crippen molar-refractivity contribution < 1.29 is 27.1 Å². The monoisotopic (exact) mass is 565 g/mol. The van der Waals surface area contributed by atoms with E-state index in [1.165, 1.54) is 43.2 Å². The quantitative estimate of drug-likeness (QED) is 0.523. The number of allylic oxidation sites excluding steroid dienone is 1. The Labute approximate surface area is 232 Å². The number of methoxy groups -OCH3 is 1. The maximum Gasteiger partial charge on any atom is 0.337 e. The third kappa shape index (κ3) is 5.28. The van der Waals surface area contributed by atoms with Crippen LogP contribution in [0.4, 0.5) is 19.7 Å². The minimum atomic E-state index is -3.96. The van der Waals surface area contributed by atoms with Gasteiger partial charge in [-0.05, 0) is 55.2 Å². The summed E-state index contributed by atoms with van der Waals surface area (Å²) in [5.74, 6) is 0. The number of imide groups is 1. The lowest BCUT2D eigenvalue weighted by molar-refractivity contribution is 0.0369. The first-order valence-corrected chi connectivity index (χ1v) is 14.4. The molecular weight excluding hydrogens is 537 g/mol. The van der Waals surface area contributed by atoms with Gasteiger partial charge in [0.25, 0.3) is 0 Å². The van der Waals surface area contributed by atoms with Gasteiger partial charge >= 0.3 is 12.1 Å². The zero-order valence-electron chi connectivity index (χ0n) is 22.3. The zero-order valence-corrected chi connectivity index (χ0v) is 23.1. The van der Waals surface area contributed by atoms with Crippen LogP contribution in [0.15, 0.2) is 58.6 Å². The largest absolute Gasteiger partial charge is 0.380 e. The highest BCUT2D eigenvalue weighted by Gasteiger charge is 2.46. The van der Waals surface area contributed by atoms with Crippen molar-refractivity contribution in [3.63, 3.8) is 0 Å². The lowest BCUT2D eigenvalue weighted by atomic mass is 9.93. The van der Waals surface area contributed by atoms with Gasteiger partial charge in [0.15, 0.2) is 9.84 Å². The molecule has 2 atom stereocenters. The Morgan fingerprint density at radius 2 is 1.93 bits per heavy atom. The molecule has 2 aliphatic heterocycles. The Morgan fingerprint density at radius 1 is 1.18 bits per heavy atom. The molecule has 0 unspecified atom stereocenters. The molecule has 1 saturated heterocycles. The molecule has 0 N–H and O–H groups in total. The molecule has 12 heteroatoms. The van der Waals surface area contributed by atoms with Gasteiger partial charge < -0.3 is 9.64 Å². The number of anilines is 1. The SMILES string of the molecule is CO[C@@H]1CCCN(C(=O)N2C(=O)N(c3cccc(CF)c3)C(C)=C(C#N)[C@H]2c2ccc(C#N)cc2S(C)(=O)=O)C1. The number of piperidine rings is 1. The number of alkyl halides is 1. The molecule has 10 nitrogen and oxygen atoms in total. The van der Waals surface area contributed by atoms with Gasteiger partial charge in [-0.3, -0.25) is 4.90 Å². The summed E-state index contributed by atoms with van der Waals surface area (Å²) in [7, 11) is -2.43. The normalized spacial score (nSPS) is 19.9. The molecule has 0 aliphatic carbocycles. The molecule has 1 fully saturated rings. The predicted octanol–water partition coefficient (Wildman–Crippen LogP) is 4.44. The Morgan fingerprint density at radius 3 is 2.55 bits per heavy atom. The molecule has 2 aromatic carbocycles. The number of hydrogen-bond donors (Lipinski definition) is 0. The van der Waals surface area contributed by atoms with E-state index < -0.39 is 34.6 Å². The van der Waals surface area contributed by atoms with E-state index in [-0.39, 0.29) is 45.6 Å². The second kappa shape index (κ2) is 11.5. The van der Waals surface area contributed by atoms with Crippen molar-refractivity contribution in [1.82, 2.24) is 9.80 Å². The van der Waals surface area contributed by atoms with Crippen LogP contribution in [0, 0.1) is 22.7 Å². The highest BCUT2D eigenvalue weighted by molar-refractivity contribution is 7.90. The number of ether oxygens (including phenoxy) is 1. The molecule has 208 valence electrons. The molecule has 0 radical (unpaired) electrons. The van der Waals surface area contributed by atoms with Gasteiger partial charge in [0.2, 0.25) is 0 Å². The van der Waals surface area contributed by atoms with Crippen molar-refractivity contribution in [2.45, 2.75) is 43.5 Å². The number of rotatable bonds is 5. The number of amides is 4. The summed E-state index contributed by atoms with van der Waals surface area (Å²) < 4.78 is 44.7. The van der Waals surface area contributed by atoms with E-state index in [0.29, 0.717) is 18.5 Å². The summed E-state index contributed by atoms with van der Waals surface area (Å²) in [6.07, 6.45) is 2.03. The molecule has 0 saturated carbocycles. The Bertz CT molecular complexity index is 1580. The summed E-state index contributed by atoms with van der Waals surface area (Å²) in [5, 5.41) is 19.7. The number of halogens is 1. The first kappa shape index (κ1) is 28.7. The molecule has 2 aromatic rings. The van der Waals surface area contributed by atoms with Gasteiger partial charge in [0.1, 0.15) is 12.7 Å². The molecule has 0 aromatic heterocycles. The first-order chi connectivity index (χ1) is 19.0. The van der Waals surface area contributed by atoms with E-state index in [2.05, 4.69) is 6.07 Å². The molecule has 2 aliphatic rings. The highest BCUT2D eigenvalue weighted by Crippen LogP contribution is 2.42. The zero-order chi connectivity index (χ0) is 29.2. The minimum Gasteiger partial charge on any atom is -0.380 e. The van der Waals surface area contributed by atoms with Gasteiger partial charge in [-0.1, -0.05) is 18.2 Å². The highest BCUT2D eigenvalue weighted by atomic mass is 32.2. The van der Waals surface area contributed by atoms with Crippen molar-refractivity contribution >= 4 is 27.6 Å². The fraction of sp³-hybridized carbons (Fsp3) is 0.357. The van der Waals surface area contributed by atoms with Crippen LogP contribution in [0.1, 0.15) is 42.5 Å². The van der Waals surface area contributed by atoms with Gasteiger partial charge in [0, 0.05) is 32.2 Å². The van der Waals surface area contributed by atoms with Crippen LogP contribution in [0.25, 0.3) is 0 Å². The number of nitriles is 2. The standard InChI is InChI=1S/C28H28FN5O5S/c1-18-24(16-31)26(23-10-9-20(15-30)13-25(23)40(3,37)38)34(27(35)32-11-5-8-22(17-32)39-2)28(36)33(18)21-7-4-6-19(12-21)14-29/h4,6-7,9-10,12-13,22,26H,5,8,11,14,17H2,1-3H3/t22-,26-/m1/s1. The van der Waals surface area contributed by atoms with Crippen LogP contribution in [0.5, 0.6) is 0 Å². The molecule has 40 heavy (non-hydrogen) atoms. The second-order valence-electron chi connectivity index (χ2n) is 9.67. The summed E-state index contributed by atoms with van der Waals surface area (Å²) in [4.78, 5) is 31.6. The van der Waals surface area contributed by atoms with Gasteiger partial charge in [-0.25, -0.2) is 27.3 Å². The maximum absolute atomic E-state index is 14.2. The smallest absolute Gasteiger partial charge is 0.337 e. The van der Waals surface area contributed by atoms with Crippen molar-refractivity contribution in [2.24, 2.45) is 0 Å². The average Bonchev–Trinajstić information content (AvgIpc) is 2.96. The fourth-order valence-electron chi connectivity index (χ4n) is 5.13. The number of likely N-dealkylation sites (tertiary alicyclic amines) is 1. The van der Waals surface area contributed by atoms with E-state index in [1.54, 1.807) is 18.2 Å². The minimum absolute atomic E-state index is 0.0107. The summed E-state index contributed by atoms with van der Waals surface area (Å²) >= 11 is 0. The van der Waals surface area contributed by atoms with Crippen molar-refractivity contribution in [1.29, 1.82) is 10.5 Å². The van der Waals surface area contributed by atoms with Crippen LogP contribution in [0.3, 0.4) is 0 Å². The van der Waals surface area contributed by atoms with Gasteiger partial charge in [-0.2, -0.15) is 10.5 Å². The number of benzene rings is 2. The van der Waals surface area contributed by atoms with Crippen LogP contribution in [-0.4, -0.2) is 62.8 Å². The van der Waals surface area contributed by atoms with E-state index >= 15 is 0 Å². The maximum atomic E-state index is 14.2. The van der Waals surface area contributed by atoms with Crippen LogP contribution in [-0.2, 0) is 21.2 Å². The Balaban J connectivity index is 1.98. The molecule has 2 heterocycles. The van der Waals surface area contributed by atoms with Gasteiger partial charge in [-0.15, -0.1) is 0 Å². The molecular formula is C28H28FN5O5S. The number of carbonyl (C=O) groups is 2. The number of carbonyl (C=O) groups excluding carboxylic acids is 2. The topological polar surface area (TPSA) is 135 Å². The van der Waals surface area contributed by atoms with E-state index in [1.807, 2.05) is 6.07 Å². The lowest BCUT2D eigenvalue weighted by Crippen LogP contribution is -2.57. The number of urea groups is 2. The fourth-order valence-corrected chi connectivity index (χ4v) is 6.08. The Hall–Kier alpha value is -4.26. The van der Waals surface area contributed by atoms with E-state index in [4.69, 9.17) is 4.74 Å². The van der Waals surface area contributed by atoms with E-state index in [0.717, 1.165) is 22.5 Å². The lowest BCUT2D eigenvalue weighted by Gasteiger charge is -2.44. The molecule has 0 bridgehead atoms. The third-order valence-electron chi connectivity index (χ3n) is 7.12. The summed E-state index contributed by atoms with van der Waals surface area (Å²) in [6.45, 7) is 1.24. The summed E-state index contributed by atoms with van der Waals surface area (Å²) in [6, 6.07) is 11.0. The van der Waals surface area contributed by atoms with Crippen LogP contribution in [0.2, 0.25) is 0 Å². The first-order valence-electron chi connectivity index (χ1n) is 12.5. The number of hydrogen-bond acceptors (Lipinski definition) is 7. The Kier molecular flexibility index (Phi) is 8.24. The second-order valence-corrected chi connectivity index (χ2v) is 11.7.